The number of halogens is 1. The number of pyridine rings is 1. The number of hydrogen-bond acceptors (Lipinski definition) is 5. The fraction of sp³-hybridized carbons (Fsp3) is 0.355. The Kier molecular flexibility index (Phi) is 9.11. The van der Waals surface area contributed by atoms with Crippen LogP contribution in [0.4, 0.5) is 4.39 Å². The topological polar surface area (TPSA) is 65.9 Å². The van der Waals surface area contributed by atoms with Crippen molar-refractivity contribution < 1.29 is 19.0 Å². The lowest BCUT2D eigenvalue weighted by atomic mass is 9.99. The third-order valence-corrected chi connectivity index (χ3v) is 6.72. The van der Waals surface area contributed by atoms with Crippen molar-refractivity contribution >= 4 is 5.91 Å². The van der Waals surface area contributed by atoms with Crippen molar-refractivity contribution in [3.63, 3.8) is 0 Å². The number of benzene rings is 2. The van der Waals surface area contributed by atoms with Gasteiger partial charge in [0.1, 0.15) is 17.5 Å². The van der Waals surface area contributed by atoms with Crippen molar-refractivity contribution in [2.24, 2.45) is 5.92 Å². The van der Waals surface area contributed by atoms with Gasteiger partial charge in [0.15, 0.2) is 0 Å². The number of carbonyl (C=O) groups excluding carboxylic acids is 1. The minimum absolute atomic E-state index is 0.0387. The van der Waals surface area contributed by atoms with Gasteiger partial charge in [0.2, 0.25) is 5.88 Å². The number of carbonyl (C=O) groups is 1. The molecule has 2 aromatic carbocycles. The van der Waals surface area contributed by atoms with Crippen LogP contribution in [0, 0.1) is 23.6 Å². The van der Waals surface area contributed by atoms with E-state index in [9.17, 15) is 14.3 Å². The van der Waals surface area contributed by atoms with Crippen LogP contribution in [0.3, 0.4) is 0 Å². The van der Waals surface area contributed by atoms with E-state index < -0.39 is 0 Å². The van der Waals surface area contributed by atoms with Crippen molar-refractivity contribution in [3.05, 3.63) is 94.9 Å². The number of aliphatic hydroxyl groups is 1. The molecule has 3 aromatic rings. The van der Waals surface area contributed by atoms with Gasteiger partial charge in [-0.25, -0.2) is 9.37 Å². The maximum Gasteiger partial charge on any atom is 0.259 e. The zero-order valence-corrected chi connectivity index (χ0v) is 22.1. The van der Waals surface area contributed by atoms with Crippen LogP contribution in [0.5, 0.6) is 5.88 Å². The molecule has 0 radical (unpaired) electrons. The molecule has 0 unspecified atom stereocenters. The minimum atomic E-state index is -0.366. The Balaban J connectivity index is 1.58. The third kappa shape index (κ3) is 6.97. The summed E-state index contributed by atoms with van der Waals surface area (Å²) in [6, 6.07) is 17.9. The Bertz CT molecular complexity index is 1300. The molecule has 2 heterocycles. The smallest absolute Gasteiger partial charge is 0.259 e. The number of hydrogen-bond donors (Lipinski definition) is 1. The van der Waals surface area contributed by atoms with E-state index in [1.165, 1.54) is 12.1 Å². The lowest BCUT2D eigenvalue weighted by Gasteiger charge is -2.37. The van der Waals surface area contributed by atoms with E-state index in [0.717, 1.165) is 11.1 Å². The van der Waals surface area contributed by atoms with E-state index in [1.807, 2.05) is 57.3 Å². The molecular formula is C31H34FN3O3. The molecule has 198 valence electrons. The van der Waals surface area contributed by atoms with E-state index in [-0.39, 0.29) is 42.3 Å². The molecule has 1 amide bonds. The van der Waals surface area contributed by atoms with Crippen LogP contribution in [0.15, 0.2) is 66.9 Å². The van der Waals surface area contributed by atoms with Gasteiger partial charge in [-0.1, -0.05) is 61.2 Å². The maximum atomic E-state index is 13.7. The van der Waals surface area contributed by atoms with Crippen LogP contribution in [-0.4, -0.2) is 64.7 Å². The average Bonchev–Trinajstić information content (AvgIpc) is 2.91. The van der Waals surface area contributed by atoms with Gasteiger partial charge in [-0.15, -0.1) is 0 Å². The molecule has 0 spiro atoms. The summed E-state index contributed by atoms with van der Waals surface area (Å²) in [6.45, 7) is 5.22. The van der Waals surface area contributed by atoms with Crippen molar-refractivity contribution in [3.8, 4) is 17.7 Å². The summed E-state index contributed by atoms with van der Waals surface area (Å²) in [5.41, 5.74) is 2.94. The highest BCUT2D eigenvalue weighted by molar-refractivity contribution is 5.97. The lowest BCUT2D eigenvalue weighted by molar-refractivity contribution is 0.0325. The highest BCUT2D eigenvalue weighted by atomic mass is 19.1. The summed E-state index contributed by atoms with van der Waals surface area (Å²) in [4.78, 5) is 21.8. The van der Waals surface area contributed by atoms with Gasteiger partial charge >= 0.3 is 0 Å². The number of fused-ring (bicyclic) bond motifs is 1. The molecular weight excluding hydrogens is 481 g/mol. The Morgan fingerprint density at radius 1 is 1.18 bits per heavy atom. The number of ether oxygens (including phenoxy) is 1. The van der Waals surface area contributed by atoms with Crippen molar-refractivity contribution in [2.45, 2.75) is 39.0 Å². The van der Waals surface area contributed by atoms with Gasteiger partial charge in [-0.05, 0) is 43.3 Å². The van der Waals surface area contributed by atoms with Gasteiger partial charge in [0, 0.05) is 43.7 Å². The molecule has 1 aliphatic heterocycles. The standard InChI is InChI=1S/C31H34FN3O3/c1-22-18-35(23(2)21-36)31(37)28-16-25(12-7-11-24-9-5-4-6-10-24)17-33-30(28)38-29(22)20-34(3)19-26-13-8-14-27(32)15-26/h4-6,8-10,13-17,22-23,29,36H,11,18-21H2,1-3H3/t22-,23+,29-/m0/s1. The molecule has 6 nitrogen and oxygen atoms in total. The van der Waals surface area contributed by atoms with Crippen molar-refractivity contribution in [1.82, 2.24) is 14.8 Å². The van der Waals surface area contributed by atoms with Gasteiger partial charge in [-0.3, -0.25) is 9.69 Å². The first kappa shape index (κ1) is 27.3. The second kappa shape index (κ2) is 12.7. The summed E-state index contributed by atoms with van der Waals surface area (Å²) in [5, 5.41) is 9.88. The van der Waals surface area contributed by atoms with Crippen LogP contribution < -0.4 is 4.74 Å². The normalized spacial score (nSPS) is 18.1. The second-order valence-electron chi connectivity index (χ2n) is 9.99. The Morgan fingerprint density at radius 2 is 1.95 bits per heavy atom. The van der Waals surface area contributed by atoms with Gasteiger partial charge < -0.3 is 14.7 Å². The Hall–Kier alpha value is -3.73. The molecule has 0 aliphatic carbocycles. The van der Waals surface area contributed by atoms with Gasteiger partial charge in [0.25, 0.3) is 5.91 Å². The Labute approximate surface area is 224 Å². The molecule has 1 aliphatic rings. The number of rotatable bonds is 7. The van der Waals surface area contributed by atoms with E-state index in [0.29, 0.717) is 37.2 Å². The first-order valence-corrected chi connectivity index (χ1v) is 12.9. The predicted octanol–water partition coefficient (Wildman–Crippen LogP) is 4.17. The molecule has 1 aromatic heterocycles. The zero-order chi connectivity index (χ0) is 27.1. The summed E-state index contributed by atoms with van der Waals surface area (Å²) in [5.74, 6) is 5.99. The van der Waals surface area contributed by atoms with E-state index >= 15 is 0 Å². The number of aliphatic hydroxyl groups excluding tert-OH is 1. The number of nitrogens with zero attached hydrogens (tertiary/aromatic N) is 3. The third-order valence-electron chi connectivity index (χ3n) is 6.72. The largest absolute Gasteiger partial charge is 0.472 e. The summed E-state index contributed by atoms with van der Waals surface area (Å²) in [7, 11) is 1.96. The van der Waals surface area contributed by atoms with E-state index in [1.54, 1.807) is 23.2 Å². The summed E-state index contributed by atoms with van der Waals surface area (Å²) in [6.07, 6.45) is 1.94. The van der Waals surface area contributed by atoms with Gasteiger partial charge in [-0.2, -0.15) is 0 Å². The predicted molar refractivity (Wildman–Crippen MR) is 145 cm³/mol. The highest BCUT2D eigenvalue weighted by Crippen LogP contribution is 2.27. The first-order chi connectivity index (χ1) is 18.3. The molecule has 0 saturated heterocycles. The molecule has 38 heavy (non-hydrogen) atoms. The zero-order valence-electron chi connectivity index (χ0n) is 22.1. The number of amides is 1. The van der Waals surface area contributed by atoms with E-state index in [4.69, 9.17) is 4.74 Å². The van der Waals surface area contributed by atoms with Crippen molar-refractivity contribution in [2.75, 3.05) is 26.7 Å². The molecule has 1 N–H and O–H groups in total. The first-order valence-electron chi connectivity index (χ1n) is 12.9. The molecule has 7 heteroatoms. The lowest BCUT2D eigenvalue weighted by Crippen LogP contribution is -2.49. The van der Waals surface area contributed by atoms with Crippen molar-refractivity contribution in [1.29, 1.82) is 0 Å². The number of likely N-dealkylation sites (N-methyl/N-ethyl adjacent to an activating group) is 1. The number of aromatic nitrogens is 1. The monoisotopic (exact) mass is 515 g/mol. The SMILES string of the molecule is C[C@H](CO)N1C[C@H](C)[C@H](CN(C)Cc2cccc(F)c2)Oc2ncc(C#CCc3ccccc3)cc2C1=O. The van der Waals surface area contributed by atoms with Crippen LogP contribution >= 0.6 is 0 Å². The van der Waals surface area contributed by atoms with Gasteiger partial charge in [0.05, 0.1) is 12.6 Å². The quantitative estimate of drug-likeness (QED) is 0.479. The van der Waals surface area contributed by atoms with E-state index in [2.05, 4.69) is 21.7 Å². The Morgan fingerprint density at radius 3 is 2.68 bits per heavy atom. The van der Waals surface area contributed by atoms with Crippen LogP contribution in [0.2, 0.25) is 0 Å². The second-order valence-corrected chi connectivity index (χ2v) is 9.99. The fourth-order valence-electron chi connectivity index (χ4n) is 4.55. The fourth-order valence-corrected chi connectivity index (χ4v) is 4.55. The molecule has 3 atom stereocenters. The van der Waals surface area contributed by atoms with Crippen LogP contribution in [0.25, 0.3) is 0 Å². The average molecular weight is 516 g/mol. The van der Waals surface area contributed by atoms with Crippen LogP contribution in [-0.2, 0) is 13.0 Å². The minimum Gasteiger partial charge on any atom is -0.472 e. The summed E-state index contributed by atoms with van der Waals surface area (Å²) < 4.78 is 20.0. The highest BCUT2D eigenvalue weighted by Gasteiger charge is 2.34. The summed E-state index contributed by atoms with van der Waals surface area (Å²) >= 11 is 0. The maximum absolute atomic E-state index is 13.7. The molecule has 4 rings (SSSR count). The van der Waals surface area contributed by atoms with Crippen LogP contribution in [0.1, 0.15) is 40.9 Å². The molecule has 0 bridgehead atoms. The molecule has 0 saturated carbocycles. The molecule has 0 fully saturated rings.